The van der Waals surface area contributed by atoms with Crippen molar-refractivity contribution in [3.8, 4) is 0 Å². The highest BCUT2D eigenvalue weighted by Gasteiger charge is 2.34. The van der Waals surface area contributed by atoms with Crippen LogP contribution in [-0.4, -0.2) is 40.5 Å². The molecule has 6 nitrogen and oxygen atoms in total. The number of hydrogen-bond donors (Lipinski definition) is 3. The summed E-state index contributed by atoms with van der Waals surface area (Å²) in [4.78, 5) is 29.1. The molecule has 1 aromatic rings. The minimum Gasteiger partial charge on any atom is -0.394 e. The van der Waals surface area contributed by atoms with Crippen LogP contribution in [0, 0.1) is 5.41 Å². The molecule has 0 aliphatic heterocycles. The third kappa shape index (κ3) is 4.12. The monoisotopic (exact) mass is 325 g/mol. The van der Waals surface area contributed by atoms with E-state index in [1.807, 2.05) is 27.7 Å². The minimum absolute atomic E-state index is 0.0601. The molecule has 0 unspecified atom stereocenters. The Morgan fingerprint density at radius 3 is 2.73 bits per heavy atom. The number of carbonyl (C=O) groups excluding carboxylic acids is 2. The lowest BCUT2D eigenvalue weighted by molar-refractivity contribution is -0.115. The van der Waals surface area contributed by atoms with E-state index < -0.39 is 5.54 Å². The molecule has 0 atom stereocenters. The topological polar surface area (TPSA) is 91.3 Å². The van der Waals surface area contributed by atoms with E-state index in [9.17, 15) is 9.59 Å². The number of carbonyl (C=O) groups is 2. The number of aliphatic hydroxyl groups is 1. The summed E-state index contributed by atoms with van der Waals surface area (Å²) in [6.45, 7) is 7.73. The summed E-state index contributed by atoms with van der Waals surface area (Å²) in [5, 5.41) is 15.3. The van der Waals surface area contributed by atoms with Crippen molar-refractivity contribution in [1.82, 2.24) is 10.3 Å². The van der Waals surface area contributed by atoms with Gasteiger partial charge in [-0.05, 0) is 25.7 Å². The lowest BCUT2D eigenvalue weighted by Gasteiger charge is -2.26. The molecule has 1 amide bonds. The Kier molecular flexibility index (Phi) is 4.70. The number of aromatic nitrogens is 1. The van der Waals surface area contributed by atoms with E-state index in [0.29, 0.717) is 16.4 Å². The molecular formula is C15H23N3O3S. The number of amides is 1. The first-order valence-electron chi connectivity index (χ1n) is 7.30. The number of aliphatic hydroxyl groups excluding tert-OH is 1. The minimum atomic E-state index is -0.514. The maximum atomic E-state index is 12.1. The van der Waals surface area contributed by atoms with Crippen molar-refractivity contribution in [3.05, 3.63) is 10.6 Å². The van der Waals surface area contributed by atoms with E-state index in [1.54, 1.807) is 0 Å². The molecule has 122 valence electrons. The summed E-state index contributed by atoms with van der Waals surface area (Å²) < 4.78 is 0. The average Bonchev–Trinajstić information content (AvgIpc) is 2.78. The van der Waals surface area contributed by atoms with Gasteiger partial charge in [0.15, 0.2) is 10.9 Å². The summed E-state index contributed by atoms with van der Waals surface area (Å²) in [6.07, 6.45) is 1.26. The van der Waals surface area contributed by atoms with Gasteiger partial charge in [0.2, 0.25) is 5.91 Å². The second-order valence-corrected chi connectivity index (χ2v) is 8.18. The highest BCUT2D eigenvalue weighted by molar-refractivity contribution is 7.17. The van der Waals surface area contributed by atoms with Gasteiger partial charge in [0.05, 0.1) is 23.7 Å². The molecule has 1 aliphatic rings. The molecule has 0 saturated heterocycles. The van der Waals surface area contributed by atoms with Crippen molar-refractivity contribution in [2.75, 3.05) is 18.5 Å². The van der Waals surface area contributed by atoms with Crippen LogP contribution in [0.15, 0.2) is 0 Å². The molecule has 3 N–H and O–H groups in total. The van der Waals surface area contributed by atoms with Crippen LogP contribution in [0.3, 0.4) is 0 Å². The Labute approximate surface area is 134 Å². The molecule has 2 rings (SSSR count). The smallest absolute Gasteiger partial charge is 0.240 e. The van der Waals surface area contributed by atoms with E-state index in [4.69, 9.17) is 5.11 Å². The zero-order valence-corrected chi connectivity index (χ0v) is 14.3. The van der Waals surface area contributed by atoms with E-state index >= 15 is 0 Å². The lowest BCUT2D eigenvalue weighted by Crippen LogP contribution is -2.46. The molecular weight excluding hydrogens is 302 g/mol. The number of hydrogen-bond acceptors (Lipinski definition) is 6. The van der Waals surface area contributed by atoms with Crippen LogP contribution < -0.4 is 10.6 Å². The molecule has 0 saturated carbocycles. The quantitative estimate of drug-likeness (QED) is 0.765. The number of thiazole rings is 1. The van der Waals surface area contributed by atoms with Crippen LogP contribution in [0.4, 0.5) is 5.13 Å². The van der Waals surface area contributed by atoms with Crippen molar-refractivity contribution >= 4 is 28.2 Å². The van der Waals surface area contributed by atoms with Gasteiger partial charge in [-0.1, -0.05) is 25.2 Å². The van der Waals surface area contributed by atoms with E-state index in [2.05, 4.69) is 15.6 Å². The molecule has 0 aromatic carbocycles. The standard InChI is InChI=1S/C15H23N3O3S/c1-14(2)5-9-12(10(20)6-14)22-13(17-9)18-11(21)7-16-15(3,4)8-19/h16,19H,5-8H2,1-4H3,(H,17,18,21). The molecule has 0 radical (unpaired) electrons. The fourth-order valence-electron chi connectivity index (χ4n) is 2.31. The first kappa shape index (κ1) is 17.1. The van der Waals surface area contributed by atoms with Crippen LogP contribution >= 0.6 is 11.3 Å². The van der Waals surface area contributed by atoms with Gasteiger partial charge < -0.3 is 15.7 Å². The maximum Gasteiger partial charge on any atom is 0.240 e. The van der Waals surface area contributed by atoms with Crippen LogP contribution in [0.5, 0.6) is 0 Å². The number of anilines is 1. The Balaban J connectivity index is 2.01. The SMILES string of the molecule is CC1(C)CC(=O)c2sc(NC(=O)CNC(C)(C)CO)nc2C1. The largest absolute Gasteiger partial charge is 0.394 e. The van der Waals surface area contributed by atoms with Gasteiger partial charge in [-0.3, -0.25) is 9.59 Å². The summed E-state index contributed by atoms with van der Waals surface area (Å²) in [6, 6.07) is 0. The number of nitrogens with zero attached hydrogens (tertiary/aromatic N) is 1. The Morgan fingerprint density at radius 2 is 2.09 bits per heavy atom. The zero-order valence-electron chi connectivity index (χ0n) is 13.4. The fraction of sp³-hybridized carbons (Fsp3) is 0.667. The van der Waals surface area contributed by atoms with Crippen molar-refractivity contribution < 1.29 is 14.7 Å². The van der Waals surface area contributed by atoms with Gasteiger partial charge in [0.25, 0.3) is 0 Å². The van der Waals surface area contributed by atoms with Crippen molar-refractivity contribution in [2.45, 2.75) is 46.1 Å². The lowest BCUT2D eigenvalue weighted by atomic mass is 9.78. The Morgan fingerprint density at radius 1 is 1.41 bits per heavy atom. The first-order valence-corrected chi connectivity index (χ1v) is 8.12. The van der Waals surface area contributed by atoms with Crippen molar-refractivity contribution in [2.24, 2.45) is 5.41 Å². The van der Waals surface area contributed by atoms with Crippen molar-refractivity contribution in [3.63, 3.8) is 0 Å². The number of ketones is 1. The summed E-state index contributed by atoms with van der Waals surface area (Å²) in [7, 11) is 0. The second-order valence-electron chi connectivity index (χ2n) is 7.18. The third-order valence-corrected chi connectivity index (χ3v) is 4.66. The number of fused-ring (bicyclic) bond motifs is 1. The molecule has 0 bridgehead atoms. The first-order chi connectivity index (χ1) is 10.1. The number of nitrogens with one attached hydrogen (secondary N) is 2. The molecule has 1 heterocycles. The summed E-state index contributed by atoms with van der Waals surface area (Å²) in [5.41, 5.74) is 0.191. The molecule has 22 heavy (non-hydrogen) atoms. The fourth-order valence-corrected chi connectivity index (χ4v) is 3.25. The Bertz CT molecular complexity index is 593. The molecule has 1 aromatic heterocycles. The summed E-state index contributed by atoms with van der Waals surface area (Å²) in [5.74, 6) is -0.136. The van der Waals surface area contributed by atoms with E-state index in [1.165, 1.54) is 11.3 Å². The molecule has 0 fully saturated rings. The third-order valence-electron chi connectivity index (χ3n) is 3.60. The van der Waals surface area contributed by atoms with Gasteiger partial charge in [-0.25, -0.2) is 4.98 Å². The van der Waals surface area contributed by atoms with E-state index in [0.717, 1.165) is 12.1 Å². The van der Waals surface area contributed by atoms with Crippen molar-refractivity contribution in [1.29, 1.82) is 0 Å². The van der Waals surface area contributed by atoms with Gasteiger partial charge in [0.1, 0.15) is 0 Å². The van der Waals surface area contributed by atoms with Crippen LogP contribution in [-0.2, 0) is 11.2 Å². The normalized spacial score (nSPS) is 17.2. The van der Waals surface area contributed by atoms with Crippen LogP contribution in [0.1, 0.15) is 49.5 Å². The van der Waals surface area contributed by atoms with Gasteiger partial charge in [0, 0.05) is 12.0 Å². The predicted octanol–water partition coefficient (Wildman–Crippen LogP) is 1.60. The van der Waals surface area contributed by atoms with Gasteiger partial charge >= 0.3 is 0 Å². The second kappa shape index (κ2) is 6.06. The number of rotatable bonds is 5. The highest BCUT2D eigenvalue weighted by atomic mass is 32.1. The Hall–Kier alpha value is -1.31. The van der Waals surface area contributed by atoms with Crippen LogP contribution in [0.2, 0.25) is 0 Å². The predicted molar refractivity (Wildman–Crippen MR) is 86.3 cm³/mol. The average molecular weight is 325 g/mol. The number of Topliss-reactive ketones (excluding diaryl/α,β-unsaturated/α-hetero) is 1. The molecule has 0 spiro atoms. The van der Waals surface area contributed by atoms with Gasteiger partial charge in [-0.2, -0.15) is 0 Å². The summed E-state index contributed by atoms with van der Waals surface area (Å²) >= 11 is 1.24. The van der Waals surface area contributed by atoms with E-state index in [-0.39, 0.29) is 30.3 Å². The zero-order chi connectivity index (χ0) is 16.5. The molecule has 1 aliphatic carbocycles. The maximum absolute atomic E-state index is 12.1. The van der Waals surface area contributed by atoms with Gasteiger partial charge in [-0.15, -0.1) is 0 Å². The highest BCUT2D eigenvalue weighted by Crippen LogP contribution is 2.38. The molecule has 7 heteroatoms. The van der Waals surface area contributed by atoms with Crippen LogP contribution in [0.25, 0.3) is 0 Å².